The standard InChI is InChI=1S/2C5H5N.C5H13O3PS/c2*1-2-4-6-5-3-1;1-5(2,3-6)4-10-9(7)8/h2*1-5H;6-8H,3-4H2,1-2H3. The summed E-state index contributed by atoms with van der Waals surface area (Å²) in [5.74, 6) is 0.572. The highest BCUT2D eigenvalue weighted by molar-refractivity contribution is 8.52. The van der Waals surface area contributed by atoms with Crippen molar-refractivity contribution in [2.75, 3.05) is 12.4 Å². The summed E-state index contributed by atoms with van der Waals surface area (Å²) in [7, 11) is -1.86. The lowest BCUT2D eigenvalue weighted by Gasteiger charge is -2.20. The zero-order chi connectivity index (χ0) is 16.7. The molecule has 0 aliphatic rings. The molecule has 0 aliphatic carbocycles. The van der Waals surface area contributed by atoms with Crippen LogP contribution in [0.4, 0.5) is 0 Å². The highest BCUT2D eigenvalue weighted by Gasteiger charge is 2.18. The van der Waals surface area contributed by atoms with Gasteiger partial charge in [-0.05, 0) is 29.7 Å². The molecule has 5 nitrogen and oxygen atoms in total. The van der Waals surface area contributed by atoms with Gasteiger partial charge in [-0.2, -0.15) is 0 Å². The molecule has 22 heavy (non-hydrogen) atoms. The van der Waals surface area contributed by atoms with Crippen LogP contribution in [-0.4, -0.2) is 37.2 Å². The molecule has 2 heterocycles. The van der Waals surface area contributed by atoms with Gasteiger partial charge in [0.25, 0.3) is 0 Å². The fourth-order valence-corrected chi connectivity index (χ4v) is 2.85. The van der Waals surface area contributed by atoms with E-state index in [-0.39, 0.29) is 12.0 Å². The van der Waals surface area contributed by atoms with E-state index < -0.39 is 7.58 Å². The third-order valence-electron chi connectivity index (χ3n) is 2.13. The minimum Gasteiger partial charge on any atom is -0.396 e. The lowest BCUT2D eigenvalue weighted by atomic mass is 9.98. The number of aliphatic hydroxyl groups is 1. The Morgan fingerprint density at radius 1 is 0.864 bits per heavy atom. The van der Waals surface area contributed by atoms with E-state index in [2.05, 4.69) is 9.97 Å². The number of aliphatic hydroxyl groups excluding tert-OH is 1. The van der Waals surface area contributed by atoms with Gasteiger partial charge < -0.3 is 14.9 Å². The molecule has 0 saturated carbocycles. The molecule has 122 valence electrons. The van der Waals surface area contributed by atoms with Gasteiger partial charge in [0.15, 0.2) is 0 Å². The van der Waals surface area contributed by atoms with Gasteiger partial charge in [-0.25, -0.2) is 0 Å². The van der Waals surface area contributed by atoms with E-state index in [1.54, 1.807) is 24.8 Å². The molecule has 2 aromatic rings. The molecule has 0 bridgehead atoms. The topological polar surface area (TPSA) is 86.5 Å². The summed E-state index contributed by atoms with van der Waals surface area (Å²) in [5.41, 5.74) is -0.212. The zero-order valence-electron chi connectivity index (χ0n) is 12.8. The Bertz CT molecular complexity index is 362. The van der Waals surface area contributed by atoms with Crippen LogP contribution in [0.2, 0.25) is 0 Å². The fraction of sp³-hybridized carbons (Fsp3) is 0.333. The van der Waals surface area contributed by atoms with E-state index in [1.165, 1.54) is 0 Å². The molecule has 3 N–H and O–H groups in total. The fourth-order valence-electron chi connectivity index (χ4n) is 0.903. The van der Waals surface area contributed by atoms with Crippen LogP contribution in [0, 0.1) is 5.41 Å². The Kier molecular flexibility index (Phi) is 13.0. The second kappa shape index (κ2) is 13.6. The van der Waals surface area contributed by atoms with Crippen molar-refractivity contribution in [3.05, 3.63) is 61.2 Å². The van der Waals surface area contributed by atoms with E-state index in [0.717, 1.165) is 11.4 Å². The van der Waals surface area contributed by atoms with Gasteiger partial charge in [0.05, 0.1) is 0 Å². The summed E-state index contributed by atoms with van der Waals surface area (Å²) in [4.78, 5) is 24.6. The molecule has 0 amide bonds. The molecule has 0 aliphatic heterocycles. The Morgan fingerprint density at radius 2 is 1.27 bits per heavy atom. The van der Waals surface area contributed by atoms with Crippen molar-refractivity contribution in [3.63, 3.8) is 0 Å². The average Bonchev–Trinajstić information content (AvgIpc) is 2.57. The zero-order valence-corrected chi connectivity index (χ0v) is 14.5. The van der Waals surface area contributed by atoms with Gasteiger partial charge in [-0.15, -0.1) is 0 Å². The quantitative estimate of drug-likeness (QED) is 0.740. The second-order valence-corrected chi connectivity index (χ2v) is 7.70. The summed E-state index contributed by atoms with van der Waals surface area (Å²) >= 11 is 1.08. The van der Waals surface area contributed by atoms with Crippen LogP contribution in [0.5, 0.6) is 0 Å². The smallest absolute Gasteiger partial charge is 0.232 e. The molecule has 0 aromatic carbocycles. The van der Waals surface area contributed by atoms with Crippen LogP contribution in [0.15, 0.2) is 61.2 Å². The number of aromatic nitrogens is 2. The molecule has 0 fully saturated rings. The molecule has 2 rings (SSSR count). The van der Waals surface area contributed by atoms with Gasteiger partial charge in [0, 0.05) is 37.1 Å². The number of hydrogen-bond acceptors (Lipinski definition) is 6. The Hall–Kier alpha value is -1.04. The third kappa shape index (κ3) is 15.4. The second-order valence-electron chi connectivity index (χ2n) is 4.90. The van der Waals surface area contributed by atoms with E-state index >= 15 is 0 Å². The molecule has 0 unspecified atom stereocenters. The predicted molar refractivity (Wildman–Crippen MR) is 93.2 cm³/mol. The van der Waals surface area contributed by atoms with Crippen molar-refractivity contribution in [2.45, 2.75) is 13.8 Å². The molecule has 0 spiro atoms. The first-order valence-corrected chi connectivity index (χ1v) is 9.43. The van der Waals surface area contributed by atoms with Gasteiger partial charge in [-0.3, -0.25) is 9.97 Å². The largest absolute Gasteiger partial charge is 0.396 e. The maximum Gasteiger partial charge on any atom is 0.232 e. The van der Waals surface area contributed by atoms with Crippen LogP contribution in [0.3, 0.4) is 0 Å². The summed E-state index contributed by atoms with van der Waals surface area (Å²) in [6.07, 6.45) is 7.00. The minimum atomic E-state index is -1.86. The van der Waals surface area contributed by atoms with Gasteiger partial charge in [-0.1, -0.05) is 37.4 Å². The summed E-state index contributed by atoms with van der Waals surface area (Å²) < 4.78 is 0. The van der Waals surface area contributed by atoms with E-state index in [4.69, 9.17) is 14.9 Å². The van der Waals surface area contributed by atoms with Crippen LogP contribution >= 0.6 is 19.0 Å². The van der Waals surface area contributed by atoms with Crippen molar-refractivity contribution in [1.29, 1.82) is 0 Å². The Morgan fingerprint density at radius 3 is 1.45 bits per heavy atom. The third-order valence-corrected chi connectivity index (χ3v) is 4.35. The summed E-state index contributed by atoms with van der Waals surface area (Å²) in [6.45, 7) is 3.82. The van der Waals surface area contributed by atoms with E-state index in [1.807, 2.05) is 50.2 Å². The molecule has 7 heteroatoms. The molecule has 0 radical (unpaired) electrons. The highest BCUT2D eigenvalue weighted by atomic mass is 32.7. The van der Waals surface area contributed by atoms with Crippen LogP contribution in [0.1, 0.15) is 13.8 Å². The summed E-state index contributed by atoms with van der Waals surface area (Å²) in [6, 6.07) is 11.4. The van der Waals surface area contributed by atoms with Gasteiger partial charge in [0.1, 0.15) is 0 Å². The van der Waals surface area contributed by atoms with E-state index in [9.17, 15) is 0 Å². The number of rotatable bonds is 4. The molecule has 0 atom stereocenters. The highest BCUT2D eigenvalue weighted by Crippen LogP contribution is 2.43. The van der Waals surface area contributed by atoms with Crippen molar-refractivity contribution in [2.24, 2.45) is 5.41 Å². The lowest BCUT2D eigenvalue weighted by Crippen LogP contribution is -2.19. The van der Waals surface area contributed by atoms with Gasteiger partial charge >= 0.3 is 0 Å². The number of pyridine rings is 2. The molecule has 2 aromatic heterocycles. The predicted octanol–water partition coefficient (Wildman–Crippen LogP) is 3.11. The van der Waals surface area contributed by atoms with Crippen molar-refractivity contribution in [1.82, 2.24) is 9.97 Å². The van der Waals surface area contributed by atoms with Crippen LogP contribution in [-0.2, 0) is 0 Å². The molecule has 0 saturated heterocycles. The molecular formula is C15H23N2O3PS. The Labute approximate surface area is 137 Å². The first-order chi connectivity index (χ1) is 10.5. The van der Waals surface area contributed by atoms with E-state index in [0.29, 0.717) is 5.75 Å². The number of hydrogen-bond donors (Lipinski definition) is 3. The van der Waals surface area contributed by atoms with Gasteiger partial charge in [0.2, 0.25) is 7.58 Å². The SMILES string of the molecule is CC(C)(CO)CSP(O)O.c1ccncc1.c1ccncc1. The van der Waals surface area contributed by atoms with Crippen molar-refractivity contribution in [3.8, 4) is 0 Å². The lowest BCUT2D eigenvalue weighted by molar-refractivity contribution is 0.181. The average molecular weight is 342 g/mol. The minimum absolute atomic E-state index is 0.0726. The van der Waals surface area contributed by atoms with Crippen molar-refractivity contribution >= 4 is 19.0 Å². The monoisotopic (exact) mass is 342 g/mol. The summed E-state index contributed by atoms with van der Waals surface area (Å²) in [5, 5.41) is 8.74. The van der Waals surface area contributed by atoms with Crippen LogP contribution < -0.4 is 0 Å². The Balaban J connectivity index is 0.000000315. The maximum absolute atomic E-state index is 8.74. The first-order valence-electron chi connectivity index (χ1n) is 6.59. The van der Waals surface area contributed by atoms with Crippen LogP contribution in [0.25, 0.3) is 0 Å². The maximum atomic E-state index is 8.74. The molecular weight excluding hydrogens is 319 g/mol. The number of nitrogens with zero attached hydrogens (tertiary/aromatic N) is 2. The van der Waals surface area contributed by atoms with Crippen molar-refractivity contribution < 1.29 is 14.9 Å². The first kappa shape index (κ1) is 21.0. The normalized spacial score (nSPS) is 10.1.